The molecule has 2 unspecified atom stereocenters. The van der Waals surface area contributed by atoms with E-state index < -0.39 is 0 Å². The summed E-state index contributed by atoms with van der Waals surface area (Å²) in [6, 6.07) is 0.260. The SMILES string of the molecule is CC(C)Cn1ncc(NC(C)C2CCOC2)c(Br)c1=O. The van der Waals surface area contributed by atoms with Crippen LogP contribution in [0.5, 0.6) is 0 Å². The summed E-state index contributed by atoms with van der Waals surface area (Å²) in [6.07, 6.45) is 2.78. The molecule has 1 saturated heterocycles. The molecule has 0 amide bonds. The van der Waals surface area contributed by atoms with Crippen molar-refractivity contribution in [1.82, 2.24) is 9.78 Å². The number of hydrogen-bond donors (Lipinski definition) is 1. The van der Waals surface area contributed by atoms with Crippen molar-refractivity contribution in [3.8, 4) is 0 Å². The molecule has 0 spiro atoms. The van der Waals surface area contributed by atoms with Crippen LogP contribution in [0.25, 0.3) is 0 Å². The van der Waals surface area contributed by atoms with Gasteiger partial charge in [-0.15, -0.1) is 0 Å². The molecule has 0 aliphatic carbocycles. The molecule has 2 heterocycles. The number of halogens is 1. The summed E-state index contributed by atoms with van der Waals surface area (Å²) in [5, 5.41) is 7.61. The molecule has 1 N–H and O–H groups in total. The van der Waals surface area contributed by atoms with Crippen LogP contribution in [0.15, 0.2) is 15.5 Å². The molecule has 2 atom stereocenters. The molecule has 5 nitrogen and oxygen atoms in total. The van der Waals surface area contributed by atoms with Crippen LogP contribution in [0.2, 0.25) is 0 Å². The van der Waals surface area contributed by atoms with E-state index in [2.05, 4.69) is 47.1 Å². The smallest absolute Gasteiger partial charge is 0.283 e. The van der Waals surface area contributed by atoms with Gasteiger partial charge in [0.05, 0.1) is 18.5 Å². The fraction of sp³-hybridized carbons (Fsp3) is 0.714. The largest absolute Gasteiger partial charge is 0.381 e. The summed E-state index contributed by atoms with van der Waals surface area (Å²) in [6.45, 7) is 8.48. The molecule has 0 saturated carbocycles. The van der Waals surface area contributed by atoms with Gasteiger partial charge in [-0.05, 0) is 35.2 Å². The normalized spacial score (nSPS) is 20.4. The summed E-state index contributed by atoms with van der Waals surface area (Å²) in [4.78, 5) is 12.2. The molecule has 0 bridgehead atoms. The summed E-state index contributed by atoms with van der Waals surface area (Å²) in [7, 11) is 0. The predicted octanol–water partition coefficient (Wildman–Crippen LogP) is 2.50. The molecule has 1 aromatic rings. The van der Waals surface area contributed by atoms with Crippen molar-refractivity contribution < 1.29 is 4.74 Å². The lowest BCUT2D eigenvalue weighted by atomic mass is 10.0. The van der Waals surface area contributed by atoms with E-state index in [4.69, 9.17) is 4.74 Å². The first-order valence-electron chi connectivity index (χ1n) is 7.09. The third-order valence-corrected chi connectivity index (χ3v) is 4.34. The number of aromatic nitrogens is 2. The minimum Gasteiger partial charge on any atom is -0.381 e. The second-order valence-corrected chi connectivity index (χ2v) is 6.60. The lowest BCUT2D eigenvalue weighted by molar-refractivity contribution is 0.183. The molecule has 1 fully saturated rings. The van der Waals surface area contributed by atoms with Crippen molar-refractivity contribution in [1.29, 1.82) is 0 Å². The lowest BCUT2D eigenvalue weighted by Crippen LogP contribution is -2.30. The van der Waals surface area contributed by atoms with Gasteiger partial charge >= 0.3 is 0 Å². The Morgan fingerprint density at radius 3 is 2.90 bits per heavy atom. The van der Waals surface area contributed by atoms with Gasteiger partial charge in [0.2, 0.25) is 0 Å². The zero-order chi connectivity index (χ0) is 14.7. The standard InChI is InChI=1S/C14H22BrN3O2/c1-9(2)7-18-14(19)13(15)12(6-16-18)17-10(3)11-4-5-20-8-11/h6,9-11,17H,4-5,7-8H2,1-3H3. The van der Waals surface area contributed by atoms with Gasteiger partial charge in [-0.1, -0.05) is 13.8 Å². The van der Waals surface area contributed by atoms with Gasteiger partial charge in [0.1, 0.15) is 4.47 Å². The number of rotatable bonds is 5. The van der Waals surface area contributed by atoms with Crippen LogP contribution >= 0.6 is 15.9 Å². The van der Waals surface area contributed by atoms with Crippen molar-refractivity contribution >= 4 is 21.6 Å². The highest BCUT2D eigenvalue weighted by Gasteiger charge is 2.23. The van der Waals surface area contributed by atoms with E-state index >= 15 is 0 Å². The van der Waals surface area contributed by atoms with Crippen molar-refractivity contribution in [2.45, 2.75) is 39.8 Å². The zero-order valence-electron chi connectivity index (χ0n) is 12.2. The molecule has 20 heavy (non-hydrogen) atoms. The Hall–Kier alpha value is -0.880. The second-order valence-electron chi connectivity index (χ2n) is 5.81. The third kappa shape index (κ3) is 3.61. The number of ether oxygens (including phenoxy) is 1. The molecular formula is C14H22BrN3O2. The molecule has 6 heteroatoms. The van der Waals surface area contributed by atoms with E-state index in [1.165, 1.54) is 4.68 Å². The van der Waals surface area contributed by atoms with Crippen LogP contribution in [0.4, 0.5) is 5.69 Å². The quantitative estimate of drug-likeness (QED) is 0.892. The van der Waals surface area contributed by atoms with Gasteiger partial charge in [0.15, 0.2) is 0 Å². The minimum absolute atomic E-state index is 0.0847. The van der Waals surface area contributed by atoms with E-state index in [-0.39, 0.29) is 11.6 Å². The second kappa shape index (κ2) is 6.72. The summed E-state index contributed by atoms with van der Waals surface area (Å²) in [5.74, 6) is 0.875. The Morgan fingerprint density at radius 1 is 1.55 bits per heavy atom. The average Bonchev–Trinajstić information content (AvgIpc) is 2.92. The molecular weight excluding hydrogens is 322 g/mol. The Bertz CT molecular complexity index is 510. The Morgan fingerprint density at radius 2 is 2.30 bits per heavy atom. The maximum atomic E-state index is 12.2. The molecule has 0 aromatic carbocycles. The number of nitrogens with zero attached hydrogens (tertiary/aromatic N) is 2. The highest BCUT2D eigenvalue weighted by atomic mass is 79.9. The van der Waals surface area contributed by atoms with E-state index in [9.17, 15) is 4.79 Å². The van der Waals surface area contributed by atoms with Crippen molar-refractivity contribution in [2.24, 2.45) is 11.8 Å². The van der Waals surface area contributed by atoms with Crippen LogP contribution < -0.4 is 10.9 Å². The number of nitrogens with one attached hydrogen (secondary N) is 1. The van der Waals surface area contributed by atoms with Gasteiger partial charge in [0.25, 0.3) is 5.56 Å². The number of anilines is 1. The summed E-state index contributed by atoms with van der Waals surface area (Å²) < 4.78 is 7.46. The van der Waals surface area contributed by atoms with Crippen LogP contribution in [-0.4, -0.2) is 29.0 Å². The van der Waals surface area contributed by atoms with Gasteiger partial charge < -0.3 is 10.1 Å². The van der Waals surface area contributed by atoms with Gasteiger partial charge in [-0.3, -0.25) is 4.79 Å². The molecule has 1 aliphatic rings. The predicted molar refractivity (Wildman–Crippen MR) is 83.0 cm³/mol. The van der Waals surface area contributed by atoms with E-state index in [1.807, 2.05) is 0 Å². The van der Waals surface area contributed by atoms with E-state index in [0.717, 1.165) is 25.3 Å². The highest BCUT2D eigenvalue weighted by molar-refractivity contribution is 9.10. The van der Waals surface area contributed by atoms with Crippen LogP contribution in [0, 0.1) is 11.8 Å². The van der Waals surface area contributed by atoms with Crippen molar-refractivity contribution in [3.05, 3.63) is 21.0 Å². The average molecular weight is 344 g/mol. The van der Waals surface area contributed by atoms with Gasteiger partial charge in [-0.25, -0.2) is 4.68 Å². The number of hydrogen-bond acceptors (Lipinski definition) is 4. The molecule has 1 aromatic heterocycles. The first-order chi connectivity index (χ1) is 9.49. The highest BCUT2D eigenvalue weighted by Crippen LogP contribution is 2.23. The first-order valence-corrected chi connectivity index (χ1v) is 7.88. The third-order valence-electron chi connectivity index (χ3n) is 3.58. The van der Waals surface area contributed by atoms with Crippen molar-refractivity contribution in [3.63, 3.8) is 0 Å². The van der Waals surface area contributed by atoms with Crippen molar-refractivity contribution in [2.75, 3.05) is 18.5 Å². The van der Waals surface area contributed by atoms with Gasteiger partial charge in [0, 0.05) is 25.1 Å². The van der Waals surface area contributed by atoms with Crippen LogP contribution in [0.1, 0.15) is 27.2 Å². The summed E-state index contributed by atoms with van der Waals surface area (Å²) >= 11 is 3.39. The minimum atomic E-state index is -0.0847. The fourth-order valence-electron chi connectivity index (χ4n) is 2.35. The monoisotopic (exact) mass is 343 g/mol. The Kier molecular flexibility index (Phi) is 5.21. The van der Waals surface area contributed by atoms with E-state index in [0.29, 0.717) is 22.9 Å². The molecule has 112 valence electrons. The Labute approximate surface area is 127 Å². The molecule has 2 rings (SSSR count). The van der Waals surface area contributed by atoms with Gasteiger partial charge in [-0.2, -0.15) is 5.10 Å². The zero-order valence-corrected chi connectivity index (χ0v) is 13.8. The summed E-state index contributed by atoms with van der Waals surface area (Å²) in [5.41, 5.74) is 0.674. The first kappa shape index (κ1) is 15.5. The molecule has 0 radical (unpaired) electrons. The van der Waals surface area contributed by atoms with E-state index in [1.54, 1.807) is 6.20 Å². The maximum absolute atomic E-state index is 12.2. The maximum Gasteiger partial charge on any atom is 0.283 e. The lowest BCUT2D eigenvalue weighted by Gasteiger charge is -2.21. The molecule has 1 aliphatic heterocycles. The van der Waals surface area contributed by atoms with Crippen LogP contribution in [-0.2, 0) is 11.3 Å². The Balaban J connectivity index is 2.12. The topological polar surface area (TPSA) is 56.1 Å². The van der Waals surface area contributed by atoms with Crippen LogP contribution in [0.3, 0.4) is 0 Å². The fourth-order valence-corrected chi connectivity index (χ4v) is 2.77.